The second-order valence-corrected chi connectivity index (χ2v) is 5.48. The molecule has 2 aromatic heterocycles. The van der Waals surface area contributed by atoms with Gasteiger partial charge >= 0.3 is 0 Å². The highest BCUT2D eigenvalue weighted by Gasteiger charge is 2.05. The van der Waals surface area contributed by atoms with Crippen LogP contribution in [-0.2, 0) is 0 Å². The van der Waals surface area contributed by atoms with Gasteiger partial charge in [-0.3, -0.25) is 0 Å². The zero-order valence-corrected chi connectivity index (χ0v) is 13.4. The van der Waals surface area contributed by atoms with Gasteiger partial charge in [0.15, 0.2) is 0 Å². The Morgan fingerprint density at radius 3 is 2.04 bits per heavy atom. The Hall–Kier alpha value is -3.60. The smallest absolute Gasteiger partial charge is 0.210 e. The lowest BCUT2D eigenvalue weighted by molar-refractivity contribution is 0.815. The lowest BCUT2D eigenvalue weighted by Gasteiger charge is -2.00. The summed E-state index contributed by atoms with van der Waals surface area (Å²) >= 11 is 0. The van der Waals surface area contributed by atoms with Crippen LogP contribution in [0.2, 0.25) is 0 Å². The van der Waals surface area contributed by atoms with Gasteiger partial charge < -0.3 is 0 Å². The second-order valence-electron chi connectivity index (χ2n) is 5.48. The minimum atomic E-state index is 0.475. The van der Waals surface area contributed by atoms with E-state index in [2.05, 4.69) is 20.5 Å². The quantitative estimate of drug-likeness (QED) is 0.572. The molecule has 0 atom stereocenters. The molecule has 0 N–H and O–H groups in total. The molecule has 0 aliphatic carbocycles. The van der Waals surface area contributed by atoms with E-state index in [0.717, 1.165) is 22.5 Å². The highest BCUT2D eigenvalue weighted by Crippen LogP contribution is 2.12. The van der Waals surface area contributed by atoms with Gasteiger partial charge in [0, 0.05) is 0 Å². The monoisotopic (exact) mass is 325 g/mol. The zero-order valence-electron chi connectivity index (χ0n) is 13.4. The molecule has 120 valence electrons. The molecule has 4 aromatic rings. The van der Waals surface area contributed by atoms with Crippen molar-refractivity contribution in [2.75, 3.05) is 0 Å². The van der Waals surface area contributed by atoms with E-state index in [0.29, 0.717) is 5.78 Å². The summed E-state index contributed by atoms with van der Waals surface area (Å²) in [5.74, 6) is 0.475. The Bertz CT molecular complexity index is 1030. The maximum absolute atomic E-state index is 4.47. The van der Waals surface area contributed by atoms with Crippen molar-refractivity contribution in [1.29, 1.82) is 0 Å². The molecule has 2 heterocycles. The summed E-state index contributed by atoms with van der Waals surface area (Å²) in [5.41, 5.74) is 3.90. The van der Waals surface area contributed by atoms with Gasteiger partial charge in [-0.15, -0.1) is 0 Å². The minimum Gasteiger partial charge on any atom is -0.210 e. The molecule has 0 unspecified atom stereocenters. The summed E-state index contributed by atoms with van der Waals surface area (Å²) in [4.78, 5) is 4.47. The molecule has 0 bridgehead atoms. The van der Waals surface area contributed by atoms with Crippen molar-refractivity contribution in [3.63, 3.8) is 0 Å². The van der Waals surface area contributed by atoms with Crippen LogP contribution in [0.25, 0.3) is 30.1 Å². The number of hydrogen-bond acceptors (Lipinski definition) is 4. The van der Waals surface area contributed by atoms with Crippen molar-refractivity contribution in [3.05, 3.63) is 89.2 Å². The first-order valence-corrected chi connectivity index (χ1v) is 7.94. The lowest BCUT2D eigenvalue weighted by atomic mass is 10.2. The number of fused-ring (bicyclic) bond motifs is 1. The third kappa shape index (κ3) is 3.50. The number of rotatable bonds is 4. The molecule has 2 aromatic carbocycles. The van der Waals surface area contributed by atoms with Crippen molar-refractivity contribution in [2.45, 2.75) is 0 Å². The number of aromatic nitrogens is 5. The van der Waals surface area contributed by atoms with E-state index in [9.17, 15) is 0 Å². The fourth-order valence-electron chi connectivity index (χ4n) is 2.48. The first kappa shape index (κ1) is 15.0. The van der Waals surface area contributed by atoms with Crippen LogP contribution in [0, 0.1) is 0 Å². The van der Waals surface area contributed by atoms with Crippen LogP contribution in [0.5, 0.6) is 0 Å². The molecule has 0 saturated carbocycles. The Kier molecular flexibility index (Phi) is 4.12. The minimum absolute atomic E-state index is 0.475. The molecular formula is C20H15N5. The van der Waals surface area contributed by atoms with Gasteiger partial charge in [-0.25, -0.2) is 4.98 Å². The average molecular weight is 325 g/mol. The summed E-state index contributed by atoms with van der Waals surface area (Å²) in [5, 5.41) is 11.7. The van der Waals surface area contributed by atoms with Crippen LogP contribution in [0.4, 0.5) is 0 Å². The fourth-order valence-corrected chi connectivity index (χ4v) is 2.48. The summed E-state index contributed by atoms with van der Waals surface area (Å²) in [6.45, 7) is 0. The SMILES string of the molecule is C(=C\c1cc(/C=C/c2ccccc2)n2nnnc2n1)/c1ccccc1. The van der Waals surface area contributed by atoms with Crippen LogP contribution in [0.3, 0.4) is 0 Å². The molecule has 25 heavy (non-hydrogen) atoms. The van der Waals surface area contributed by atoms with Crippen molar-refractivity contribution in [3.8, 4) is 0 Å². The van der Waals surface area contributed by atoms with Crippen LogP contribution >= 0.6 is 0 Å². The highest BCUT2D eigenvalue weighted by atomic mass is 15.5. The average Bonchev–Trinajstić information content (AvgIpc) is 3.15. The van der Waals surface area contributed by atoms with E-state index >= 15 is 0 Å². The van der Waals surface area contributed by atoms with Crippen LogP contribution in [-0.4, -0.2) is 25.0 Å². The van der Waals surface area contributed by atoms with E-state index < -0.39 is 0 Å². The van der Waals surface area contributed by atoms with Crippen LogP contribution in [0.15, 0.2) is 66.7 Å². The third-order valence-corrected chi connectivity index (χ3v) is 3.71. The first-order valence-electron chi connectivity index (χ1n) is 7.94. The van der Waals surface area contributed by atoms with Crippen molar-refractivity contribution >= 4 is 30.1 Å². The Morgan fingerprint density at radius 2 is 1.36 bits per heavy atom. The van der Waals surface area contributed by atoms with Crippen molar-refractivity contribution in [1.82, 2.24) is 25.0 Å². The Balaban J connectivity index is 1.70. The molecule has 0 aliphatic heterocycles. The normalized spacial score (nSPS) is 11.7. The molecule has 0 saturated heterocycles. The van der Waals surface area contributed by atoms with Gasteiger partial charge in [-0.05, 0) is 39.8 Å². The lowest BCUT2D eigenvalue weighted by Crippen LogP contribution is -1.98. The largest absolute Gasteiger partial charge is 0.274 e. The Labute approximate surface area is 145 Å². The van der Waals surface area contributed by atoms with E-state index in [4.69, 9.17) is 0 Å². The van der Waals surface area contributed by atoms with E-state index in [1.54, 1.807) is 4.52 Å². The van der Waals surface area contributed by atoms with Gasteiger partial charge in [-0.2, -0.15) is 4.52 Å². The number of tetrazole rings is 1. The van der Waals surface area contributed by atoms with E-state index in [1.165, 1.54) is 0 Å². The molecule has 0 radical (unpaired) electrons. The summed E-state index contributed by atoms with van der Waals surface area (Å²) in [6, 6.07) is 22.2. The van der Waals surface area contributed by atoms with Gasteiger partial charge in [0.25, 0.3) is 5.78 Å². The van der Waals surface area contributed by atoms with Crippen molar-refractivity contribution in [2.24, 2.45) is 0 Å². The summed E-state index contributed by atoms with van der Waals surface area (Å²) in [6.07, 6.45) is 8.00. The summed E-state index contributed by atoms with van der Waals surface area (Å²) in [7, 11) is 0. The first-order chi connectivity index (χ1) is 12.4. The standard InChI is InChI=1S/C20H15N5/c1-3-7-16(8-4-1)11-13-18-15-19(25-20(21-18)22-23-24-25)14-12-17-9-5-2-6-10-17/h1-15H/b13-11+,14-12+. The van der Waals surface area contributed by atoms with Gasteiger partial charge in [0.05, 0.1) is 11.4 Å². The maximum Gasteiger partial charge on any atom is 0.274 e. The molecule has 0 amide bonds. The number of benzene rings is 2. The maximum atomic E-state index is 4.47. The molecule has 5 nitrogen and oxygen atoms in total. The van der Waals surface area contributed by atoms with E-state index in [1.807, 2.05) is 91.0 Å². The second kappa shape index (κ2) is 6.88. The molecule has 5 heteroatoms. The van der Waals surface area contributed by atoms with Gasteiger partial charge in [-0.1, -0.05) is 77.9 Å². The fraction of sp³-hybridized carbons (Fsp3) is 0. The topological polar surface area (TPSA) is 56.0 Å². The summed E-state index contributed by atoms with van der Waals surface area (Å²) < 4.78 is 1.62. The highest BCUT2D eigenvalue weighted by molar-refractivity contribution is 5.72. The van der Waals surface area contributed by atoms with Crippen LogP contribution in [0.1, 0.15) is 22.5 Å². The van der Waals surface area contributed by atoms with Gasteiger partial charge in [0.2, 0.25) is 0 Å². The number of hydrogen-bond donors (Lipinski definition) is 0. The third-order valence-electron chi connectivity index (χ3n) is 3.71. The zero-order chi connectivity index (χ0) is 16.9. The van der Waals surface area contributed by atoms with Crippen LogP contribution < -0.4 is 0 Å². The Morgan fingerprint density at radius 1 is 0.720 bits per heavy atom. The molecule has 0 fully saturated rings. The van der Waals surface area contributed by atoms with Crippen molar-refractivity contribution < 1.29 is 0 Å². The van der Waals surface area contributed by atoms with Gasteiger partial charge in [0.1, 0.15) is 0 Å². The van der Waals surface area contributed by atoms with E-state index in [-0.39, 0.29) is 0 Å². The molecule has 0 aliphatic rings. The predicted octanol–water partition coefficient (Wildman–Crippen LogP) is 3.86. The predicted molar refractivity (Wildman–Crippen MR) is 99.3 cm³/mol. The molecular weight excluding hydrogens is 310 g/mol. The molecule has 4 rings (SSSR count). The number of nitrogens with zero attached hydrogens (tertiary/aromatic N) is 5. The molecule has 0 spiro atoms.